The summed E-state index contributed by atoms with van der Waals surface area (Å²) in [6.07, 6.45) is 12.2. The van der Waals surface area contributed by atoms with Gasteiger partial charge in [0.25, 0.3) is 0 Å². The Labute approximate surface area is 181 Å². The molecule has 0 atom stereocenters. The van der Waals surface area contributed by atoms with Gasteiger partial charge in [-0.3, -0.25) is 4.57 Å². The Kier molecular flexibility index (Phi) is 5.58. The summed E-state index contributed by atoms with van der Waals surface area (Å²) in [4.78, 5) is 23.9. The summed E-state index contributed by atoms with van der Waals surface area (Å²) in [5.74, 6) is 0. The van der Waals surface area contributed by atoms with Gasteiger partial charge in [0.2, 0.25) is 0 Å². The Morgan fingerprint density at radius 1 is 0.903 bits per heavy atom. The first-order chi connectivity index (χ1) is 15.3. The van der Waals surface area contributed by atoms with E-state index in [0.29, 0.717) is 12.2 Å². The van der Waals surface area contributed by atoms with Crippen LogP contribution in [0.5, 0.6) is 0 Å². The van der Waals surface area contributed by atoms with Crippen LogP contribution in [0.1, 0.15) is 25.7 Å². The molecule has 31 heavy (non-hydrogen) atoms. The van der Waals surface area contributed by atoms with E-state index in [1.807, 2.05) is 55.0 Å². The number of hydrogen-bond acceptors (Lipinski definition) is 5. The molecule has 1 aromatic carbocycles. The molecule has 0 radical (unpaired) electrons. The zero-order valence-corrected chi connectivity index (χ0v) is 17.5. The summed E-state index contributed by atoms with van der Waals surface area (Å²) in [5.41, 5.74) is 3.99. The number of fused-ring (bicyclic) bond motifs is 1. The van der Waals surface area contributed by atoms with Gasteiger partial charge in [-0.25, -0.2) is 14.3 Å². The fraction of sp³-hybridized carbons (Fsp3) is 0.333. The van der Waals surface area contributed by atoms with Crippen molar-refractivity contribution in [3.8, 4) is 22.4 Å². The number of hydrogen-bond donors (Lipinski definition) is 0. The SMILES string of the molecule is O=c1nc(-c2cnc3c(-c4ccccc4)cnn3c2)ccn1CCCN1CCCCC1. The molecule has 0 bridgehead atoms. The Morgan fingerprint density at radius 3 is 2.55 bits per heavy atom. The quantitative estimate of drug-likeness (QED) is 0.483. The third-order valence-corrected chi connectivity index (χ3v) is 5.93. The molecule has 4 heterocycles. The minimum Gasteiger partial charge on any atom is -0.303 e. The van der Waals surface area contributed by atoms with Crippen LogP contribution in [0.4, 0.5) is 0 Å². The summed E-state index contributed by atoms with van der Waals surface area (Å²) < 4.78 is 3.43. The zero-order chi connectivity index (χ0) is 21.0. The number of benzene rings is 1. The second-order valence-corrected chi connectivity index (χ2v) is 8.08. The van der Waals surface area contributed by atoms with E-state index in [4.69, 9.17) is 0 Å². The van der Waals surface area contributed by atoms with E-state index < -0.39 is 0 Å². The number of aromatic nitrogens is 5. The minimum absolute atomic E-state index is 0.221. The van der Waals surface area contributed by atoms with Gasteiger partial charge in [0.1, 0.15) is 0 Å². The van der Waals surface area contributed by atoms with E-state index in [1.54, 1.807) is 15.3 Å². The standard InChI is InChI=1S/C24H26N6O/c31-24-27-22(10-15-29(24)14-7-13-28-11-5-2-6-12-28)20-16-25-23-21(17-26-30(23)18-20)19-8-3-1-4-9-19/h1,3-4,8-10,15-18H,2,5-7,11-14H2. The average Bonchev–Trinajstić information content (AvgIpc) is 3.25. The van der Waals surface area contributed by atoms with Crippen molar-refractivity contribution < 1.29 is 0 Å². The fourth-order valence-corrected chi connectivity index (χ4v) is 4.24. The van der Waals surface area contributed by atoms with Gasteiger partial charge in [-0.15, -0.1) is 0 Å². The Bertz CT molecular complexity index is 1220. The molecule has 5 rings (SSSR count). The van der Waals surface area contributed by atoms with Gasteiger partial charge >= 0.3 is 5.69 Å². The van der Waals surface area contributed by atoms with Crippen molar-refractivity contribution in [2.75, 3.05) is 19.6 Å². The topological polar surface area (TPSA) is 68.3 Å². The Hall–Kier alpha value is -3.32. The molecule has 158 valence electrons. The summed E-state index contributed by atoms with van der Waals surface area (Å²) >= 11 is 0. The predicted octanol–water partition coefficient (Wildman–Crippen LogP) is 3.50. The van der Waals surface area contributed by atoms with Gasteiger partial charge in [-0.2, -0.15) is 10.1 Å². The van der Waals surface area contributed by atoms with Crippen molar-refractivity contribution >= 4 is 5.65 Å². The van der Waals surface area contributed by atoms with Crippen molar-refractivity contribution in [3.05, 3.63) is 71.7 Å². The van der Waals surface area contributed by atoms with Crippen LogP contribution < -0.4 is 5.69 Å². The monoisotopic (exact) mass is 414 g/mol. The largest absolute Gasteiger partial charge is 0.348 e. The molecule has 3 aromatic heterocycles. The number of aryl methyl sites for hydroxylation is 1. The molecular formula is C24H26N6O. The molecule has 0 spiro atoms. The molecule has 1 saturated heterocycles. The van der Waals surface area contributed by atoms with Crippen molar-refractivity contribution in [2.24, 2.45) is 0 Å². The van der Waals surface area contributed by atoms with E-state index in [9.17, 15) is 4.79 Å². The third kappa shape index (κ3) is 4.27. The lowest BCUT2D eigenvalue weighted by atomic mass is 10.1. The van der Waals surface area contributed by atoms with Gasteiger partial charge in [0.05, 0.1) is 11.9 Å². The second-order valence-electron chi connectivity index (χ2n) is 8.08. The molecule has 7 heteroatoms. The molecule has 1 aliphatic heterocycles. The lowest BCUT2D eigenvalue weighted by Crippen LogP contribution is -2.32. The number of likely N-dealkylation sites (tertiary alicyclic amines) is 1. The Balaban J connectivity index is 1.32. The maximum atomic E-state index is 12.5. The molecule has 0 aliphatic carbocycles. The normalized spacial score (nSPS) is 14.8. The van der Waals surface area contributed by atoms with Crippen LogP contribution in [-0.2, 0) is 6.54 Å². The van der Waals surface area contributed by atoms with E-state index in [0.717, 1.165) is 35.3 Å². The lowest BCUT2D eigenvalue weighted by molar-refractivity contribution is 0.222. The number of nitrogens with zero attached hydrogens (tertiary/aromatic N) is 6. The van der Waals surface area contributed by atoms with Crippen molar-refractivity contribution in [2.45, 2.75) is 32.2 Å². The molecule has 0 unspecified atom stereocenters. The summed E-state index contributed by atoms with van der Waals surface area (Å²) in [6, 6.07) is 11.9. The first kappa shape index (κ1) is 19.6. The molecule has 4 aromatic rings. The highest BCUT2D eigenvalue weighted by atomic mass is 16.1. The van der Waals surface area contributed by atoms with E-state index in [1.165, 1.54) is 32.4 Å². The third-order valence-electron chi connectivity index (χ3n) is 5.93. The molecule has 1 fully saturated rings. The predicted molar refractivity (Wildman–Crippen MR) is 121 cm³/mol. The van der Waals surface area contributed by atoms with Gasteiger partial charge in [0.15, 0.2) is 5.65 Å². The van der Waals surface area contributed by atoms with E-state index in [2.05, 4.69) is 20.0 Å². The number of piperidine rings is 1. The molecule has 0 amide bonds. The van der Waals surface area contributed by atoms with Crippen LogP contribution in [0.15, 0.2) is 66.0 Å². The van der Waals surface area contributed by atoms with Crippen molar-refractivity contribution in [1.29, 1.82) is 0 Å². The zero-order valence-electron chi connectivity index (χ0n) is 17.5. The van der Waals surface area contributed by atoms with Gasteiger partial charge in [-0.05, 0) is 50.5 Å². The minimum atomic E-state index is -0.221. The average molecular weight is 415 g/mol. The smallest absolute Gasteiger partial charge is 0.303 e. The maximum absolute atomic E-state index is 12.5. The first-order valence-electron chi connectivity index (χ1n) is 11.0. The second kappa shape index (κ2) is 8.81. The van der Waals surface area contributed by atoms with Crippen molar-refractivity contribution in [3.63, 3.8) is 0 Å². The van der Waals surface area contributed by atoms with Crippen molar-refractivity contribution in [1.82, 2.24) is 29.0 Å². The van der Waals surface area contributed by atoms with Crippen LogP contribution in [0.25, 0.3) is 28.0 Å². The summed E-state index contributed by atoms with van der Waals surface area (Å²) in [6.45, 7) is 4.10. The maximum Gasteiger partial charge on any atom is 0.348 e. The summed E-state index contributed by atoms with van der Waals surface area (Å²) in [5, 5.41) is 4.44. The first-order valence-corrected chi connectivity index (χ1v) is 11.0. The molecule has 0 N–H and O–H groups in total. The van der Waals surface area contributed by atoms with Gasteiger partial charge in [-0.1, -0.05) is 36.8 Å². The van der Waals surface area contributed by atoms with Crippen LogP contribution in [0, 0.1) is 0 Å². The molecule has 0 saturated carbocycles. The lowest BCUT2D eigenvalue weighted by Gasteiger charge is -2.26. The molecular weight excluding hydrogens is 388 g/mol. The van der Waals surface area contributed by atoms with Gasteiger partial charge < -0.3 is 4.90 Å². The van der Waals surface area contributed by atoms with Gasteiger partial charge in [0, 0.05) is 36.3 Å². The fourth-order valence-electron chi connectivity index (χ4n) is 4.24. The van der Waals surface area contributed by atoms with Crippen LogP contribution in [0.2, 0.25) is 0 Å². The van der Waals surface area contributed by atoms with Crippen LogP contribution >= 0.6 is 0 Å². The van der Waals surface area contributed by atoms with E-state index >= 15 is 0 Å². The van der Waals surface area contributed by atoms with E-state index in [-0.39, 0.29) is 5.69 Å². The Morgan fingerprint density at radius 2 is 1.74 bits per heavy atom. The highest BCUT2D eigenvalue weighted by molar-refractivity contribution is 5.77. The molecule has 7 nitrogen and oxygen atoms in total. The summed E-state index contributed by atoms with van der Waals surface area (Å²) in [7, 11) is 0. The molecule has 1 aliphatic rings. The van der Waals surface area contributed by atoms with Crippen LogP contribution in [-0.4, -0.2) is 48.7 Å². The van der Waals surface area contributed by atoms with Crippen LogP contribution in [0.3, 0.4) is 0 Å². The highest BCUT2D eigenvalue weighted by Gasteiger charge is 2.12. The number of rotatable bonds is 6. The highest BCUT2D eigenvalue weighted by Crippen LogP contribution is 2.24.